The molecule has 20 heavy (non-hydrogen) atoms. The topological polar surface area (TPSA) is 21.3 Å². The first-order chi connectivity index (χ1) is 9.76. The van der Waals surface area contributed by atoms with Crippen LogP contribution in [-0.2, 0) is 11.2 Å². The molecule has 0 aliphatic heterocycles. The van der Waals surface area contributed by atoms with Gasteiger partial charge in [0.15, 0.2) is 0 Å². The lowest BCUT2D eigenvalue weighted by Crippen LogP contribution is -2.27. The Balaban J connectivity index is 2.41. The van der Waals surface area contributed by atoms with Crippen LogP contribution in [0.4, 0.5) is 0 Å². The van der Waals surface area contributed by atoms with Crippen LogP contribution in [0.3, 0.4) is 0 Å². The Labute approximate surface area is 132 Å². The van der Waals surface area contributed by atoms with E-state index in [0.29, 0.717) is 5.92 Å². The van der Waals surface area contributed by atoms with Crippen molar-refractivity contribution in [3.8, 4) is 0 Å². The van der Waals surface area contributed by atoms with E-state index in [4.69, 9.17) is 16.3 Å². The smallest absolute Gasteiger partial charge is 0.0587 e. The molecule has 0 heterocycles. The molecular formula is C16H26ClNOS. The van der Waals surface area contributed by atoms with Crippen molar-refractivity contribution in [2.75, 3.05) is 38.3 Å². The van der Waals surface area contributed by atoms with Gasteiger partial charge in [-0.05, 0) is 54.5 Å². The summed E-state index contributed by atoms with van der Waals surface area (Å²) < 4.78 is 5.07. The van der Waals surface area contributed by atoms with Crippen LogP contribution in [0.5, 0.6) is 0 Å². The lowest BCUT2D eigenvalue weighted by molar-refractivity contribution is 0.197. The van der Waals surface area contributed by atoms with Crippen LogP contribution in [0.15, 0.2) is 24.3 Å². The van der Waals surface area contributed by atoms with Crippen LogP contribution >= 0.6 is 23.4 Å². The van der Waals surface area contributed by atoms with Crippen LogP contribution in [0.2, 0.25) is 5.02 Å². The van der Waals surface area contributed by atoms with E-state index in [1.165, 1.54) is 23.5 Å². The largest absolute Gasteiger partial charge is 0.383 e. The van der Waals surface area contributed by atoms with E-state index in [2.05, 4.69) is 24.4 Å². The average molecular weight is 316 g/mol. The maximum absolute atomic E-state index is 5.94. The zero-order chi connectivity index (χ0) is 14.6. The molecule has 1 N–H and O–H groups in total. The second kappa shape index (κ2) is 11.4. The SMILES string of the molecule is CCSCCC(CNCCOC)Cc1ccc(Cl)cc1. The van der Waals surface area contributed by atoms with Gasteiger partial charge in [0, 0.05) is 18.7 Å². The van der Waals surface area contributed by atoms with Crippen molar-refractivity contribution in [2.45, 2.75) is 19.8 Å². The normalized spacial score (nSPS) is 12.6. The third-order valence-electron chi connectivity index (χ3n) is 3.23. The van der Waals surface area contributed by atoms with Gasteiger partial charge < -0.3 is 10.1 Å². The zero-order valence-corrected chi connectivity index (χ0v) is 14.1. The number of thioether (sulfide) groups is 1. The van der Waals surface area contributed by atoms with Crippen LogP contribution in [-0.4, -0.2) is 38.3 Å². The molecule has 0 spiro atoms. The zero-order valence-electron chi connectivity index (χ0n) is 12.5. The van der Waals surface area contributed by atoms with Crippen molar-refractivity contribution >= 4 is 23.4 Å². The van der Waals surface area contributed by atoms with Gasteiger partial charge in [0.25, 0.3) is 0 Å². The number of methoxy groups -OCH3 is 1. The molecule has 0 bridgehead atoms. The molecule has 0 amide bonds. The highest BCUT2D eigenvalue weighted by Crippen LogP contribution is 2.17. The van der Waals surface area contributed by atoms with Crippen molar-refractivity contribution in [2.24, 2.45) is 5.92 Å². The van der Waals surface area contributed by atoms with Crippen molar-refractivity contribution in [1.29, 1.82) is 0 Å². The summed E-state index contributed by atoms with van der Waals surface area (Å²) >= 11 is 7.96. The fourth-order valence-electron chi connectivity index (χ4n) is 2.10. The van der Waals surface area contributed by atoms with Crippen molar-refractivity contribution in [1.82, 2.24) is 5.32 Å². The minimum atomic E-state index is 0.673. The number of halogens is 1. The van der Waals surface area contributed by atoms with Crippen molar-refractivity contribution in [3.63, 3.8) is 0 Å². The van der Waals surface area contributed by atoms with E-state index in [1.807, 2.05) is 23.9 Å². The van der Waals surface area contributed by atoms with E-state index in [0.717, 1.165) is 31.1 Å². The summed E-state index contributed by atoms with van der Waals surface area (Å²) in [6, 6.07) is 8.23. The van der Waals surface area contributed by atoms with Crippen molar-refractivity contribution in [3.05, 3.63) is 34.9 Å². The molecule has 1 aromatic rings. The van der Waals surface area contributed by atoms with Gasteiger partial charge in [-0.15, -0.1) is 0 Å². The molecule has 114 valence electrons. The van der Waals surface area contributed by atoms with Gasteiger partial charge in [-0.2, -0.15) is 11.8 Å². The van der Waals surface area contributed by atoms with E-state index in [1.54, 1.807) is 7.11 Å². The molecule has 0 fully saturated rings. The molecule has 1 rings (SSSR count). The molecule has 0 saturated heterocycles. The fraction of sp³-hybridized carbons (Fsp3) is 0.625. The maximum atomic E-state index is 5.94. The van der Waals surface area contributed by atoms with Gasteiger partial charge in [0.2, 0.25) is 0 Å². The van der Waals surface area contributed by atoms with Gasteiger partial charge in [-0.25, -0.2) is 0 Å². The van der Waals surface area contributed by atoms with Gasteiger partial charge in [0.1, 0.15) is 0 Å². The Morgan fingerprint density at radius 1 is 1.30 bits per heavy atom. The highest BCUT2D eigenvalue weighted by Gasteiger charge is 2.09. The van der Waals surface area contributed by atoms with Crippen LogP contribution < -0.4 is 5.32 Å². The predicted octanol–water partition coefficient (Wildman–Crippen LogP) is 3.88. The van der Waals surface area contributed by atoms with Gasteiger partial charge in [0.05, 0.1) is 6.61 Å². The number of benzene rings is 1. The summed E-state index contributed by atoms with van der Waals surface area (Å²) in [5, 5.41) is 4.29. The van der Waals surface area contributed by atoms with Crippen molar-refractivity contribution < 1.29 is 4.74 Å². The molecular weight excluding hydrogens is 290 g/mol. The van der Waals surface area contributed by atoms with Gasteiger partial charge in [-0.1, -0.05) is 30.7 Å². The first-order valence-electron chi connectivity index (χ1n) is 7.28. The number of hydrogen-bond donors (Lipinski definition) is 1. The van der Waals surface area contributed by atoms with Crippen LogP contribution in [0.25, 0.3) is 0 Å². The van der Waals surface area contributed by atoms with E-state index in [9.17, 15) is 0 Å². The Hall–Kier alpha value is -0.220. The molecule has 0 saturated carbocycles. The number of nitrogens with one attached hydrogen (secondary N) is 1. The van der Waals surface area contributed by atoms with Crippen LogP contribution in [0.1, 0.15) is 18.9 Å². The Morgan fingerprint density at radius 2 is 2.05 bits per heavy atom. The molecule has 0 aliphatic carbocycles. The molecule has 1 aromatic carbocycles. The van der Waals surface area contributed by atoms with E-state index in [-0.39, 0.29) is 0 Å². The fourth-order valence-corrected chi connectivity index (χ4v) is 3.02. The number of ether oxygens (including phenoxy) is 1. The van der Waals surface area contributed by atoms with E-state index >= 15 is 0 Å². The highest BCUT2D eigenvalue weighted by atomic mass is 35.5. The molecule has 0 aliphatic rings. The summed E-state index contributed by atoms with van der Waals surface area (Å²) in [7, 11) is 1.74. The molecule has 4 heteroatoms. The van der Waals surface area contributed by atoms with Gasteiger partial charge >= 0.3 is 0 Å². The minimum Gasteiger partial charge on any atom is -0.383 e. The average Bonchev–Trinajstić information content (AvgIpc) is 2.46. The summed E-state index contributed by atoms with van der Waals surface area (Å²) in [4.78, 5) is 0. The standard InChI is InChI=1S/C16H26ClNOS/c1-3-20-11-8-15(13-18-9-10-19-2)12-14-4-6-16(17)7-5-14/h4-7,15,18H,3,8-13H2,1-2H3. The molecule has 0 aromatic heterocycles. The molecule has 1 atom stereocenters. The maximum Gasteiger partial charge on any atom is 0.0587 e. The summed E-state index contributed by atoms with van der Waals surface area (Å²) in [5.74, 6) is 3.11. The van der Waals surface area contributed by atoms with Gasteiger partial charge in [-0.3, -0.25) is 0 Å². The summed E-state index contributed by atoms with van der Waals surface area (Å²) in [6.45, 7) is 4.97. The molecule has 0 radical (unpaired) electrons. The first-order valence-corrected chi connectivity index (χ1v) is 8.81. The third kappa shape index (κ3) is 8.15. The predicted molar refractivity (Wildman–Crippen MR) is 91.0 cm³/mol. The lowest BCUT2D eigenvalue weighted by Gasteiger charge is -2.17. The highest BCUT2D eigenvalue weighted by molar-refractivity contribution is 7.99. The quantitative estimate of drug-likeness (QED) is 0.626. The monoisotopic (exact) mass is 315 g/mol. The Kier molecular flexibility index (Phi) is 10.2. The Morgan fingerprint density at radius 3 is 2.70 bits per heavy atom. The third-order valence-corrected chi connectivity index (χ3v) is 4.41. The summed E-state index contributed by atoms with van der Waals surface area (Å²) in [6.07, 6.45) is 2.36. The number of rotatable bonds is 11. The lowest BCUT2D eigenvalue weighted by atomic mass is 9.97. The Bertz CT molecular complexity index is 345. The molecule has 2 nitrogen and oxygen atoms in total. The van der Waals surface area contributed by atoms with E-state index < -0.39 is 0 Å². The summed E-state index contributed by atoms with van der Waals surface area (Å²) in [5.41, 5.74) is 1.37. The minimum absolute atomic E-state index is 0.673. The first kappa shape index (κ1) is 17.8. The second-order valence-electron chi connectivity index (χ2n) is 4.88. The molecule has 1 unspecified atom stereocenters. The van der Waals surface area contributed by atoms with Crippen LogP contribution in [0, 0.1) is 5.92 Å². The number of hydrogen-bond acceptors (Lipinski definition) is 3. The second-order valence-corrected chi connectivity index (χ2v) is 6.71.